The molecule has 0 saturated heterocycles. The molecule has 0 aromatic heterocycles. The van der Waals surface area contributed by atoms with E-state index in [2.05, 4.69) is 13.2 Å². The molecule has 0 aromatic carbocycles. The molecule has 0 aromatic rings. The molecule has 7 heteroatoms. The zero-order chi connectivity index (χ0) is 14.2. The van der Waals surface area contributed by atoms with Crippen LogP contribution in [0.25, 0.3) is 0 Å². The molecule has 0 aliphatic heterocycles. The number of aliphatic hydroxyl groups excluding tert-OH is 1. The van der Waals surface area contributed by atoms with Gasteiger partial charge >= 0.3 is 6.18 Å². The molecule has 0 aliphatic rings. The number of carbonyl (C=O) groups excluding carboxylic acids is 1. The first-order valence-corrected chi connectivity index (χ1v) is 4.63. The van der Waals surface area contributed by atoms with Crippen LogP contribution in [0.1, 0.15) is 0 Å². The van der Waals surface area contributed by atoms with E-state index in [1.54, 1.807) is 0 Å². The van der Waals surface area contributed by atoms with E-state index in [-0.39, 0.29) is 26.6 Å². The van der Waals surface area contributed by atoms with Crippen LogP contribution in [0.2, 0.25) is 0 Å². The van der Waals surface area contributed by atoms with Gasteiger partial charge in [0, 0.05) is 26.6 Å². The van der Waals surface area contributed by atoms with Crippen molar-refractivity contribution in [3.63, 3.8) is 0 Å². The standard InChI is InChI=1S/C12H11F3NO2.W/c1-3-6-9(4-2)11(18)16-10(17)7-5-8-12(13,14)15;/h3-7,17H,1-2H2,(H,16,18);/q-1;/b9-6+,10-7-;. The third kappa shape index (κ3) is 10.1. The summed E-state index contributed by atoms with van der Waals surface area (Å²) in [7, 11) is 0. The molecular formula is C12H11F3NO2W-. The van der Waals surface area contributed by atoms with Crippen LogP contribution in [0, 0.1) is 6.08 Å². The summed E-state index contributed by atoms with van der Waals surface area (Å²) in [5.41, 5.74) is 0.105. The van der Waals surface area contributed by atoms with Gasteiger partial charge in [-0.25, -0.2) is 6.08 Å². The molecule has 0 saturated carbocycles. The van der Waals surface area contributed by atoms with Gasteiger partial charge in [0.05, 0.1) is 0 Å². The van der Waals surface area contributed by atoms with Crippen molar-refractivity contribution in [2.45, 2.75) is 6.18 Å². The fraction of sp³-hybridized carbons (Fsp3) is 0.0833. The maximum absolute atomic E-state index is 11.7. The minimum atomic E-state index is -4.60. The van der Waals surface area contributed by atoms with Gasteiger partial charge in [-0.1, -0.05) is 31.4 Å². The zero-order valence-electron chi connectivity index (χ0n) is 9.70. The third-order valence-electron chi connectivity index (χ3n) is 1.51. The SMILES string of the molecule is C=C/C=C(\C=C)C(=O)N/C(O)=C/C=[C-]C(F)(F)F.[W]. The number of aliphatic hydroxyl groups is 1. The van der Waals surface area contributed by atoms with Gasteiger partial charge in [-0.15, -0.1) is 0 Å². The Morgan fingerprint density at radius 3 is 2.26 bits per heavy atom. The Kier molecular flexibility index (Phi) is 9.77. The molecule has 0 aliphatic carbocycles. The quantitative estimate of drug-likeness (QED) is 0.298. The molecule has 0 heterocycles. The number of rotatable bonds is 5. The minimum absolute atomic E-state index is 0. The maximum Gasteiger partial charge on any atom is 0.334 e. The first-order valence-electron chi connectivity index (χ1n) is 4.63. The molecule has 1 amide bonds. The van der Waals surface area contributed by atoms with Crippen molar-refractivity contribution < 1.29 is 44.1 Å². The summed E-state index contributed by atoms with van der Waals surface area (Å²) in [6.07, 6.45) is 1.39. The minimum Gasteiger partial charge on any atom is -0.510 e. The Morgan fingerprint density at radius 1 is 1.26 bits per heavy atom. The number of alkyl halides is 3. The molecule has 3 nitrogen and oxygen atoms in total. The second-order valence-electron chi connectivity index (χ2n) is 2.88. The van der Waals surface area contributed by atoms with Gasteiger partial charge in [0.1, 0.15) is 5.88 Å². The first kappa shape index (κ1) is 19.8. The molecule has 19 heavy (non-hydrogen) atoms. The maximum atomic E-state index is 11.7. The van der Waals surface area contributed by atoms with Gasteiger partial charge in [0.2, 0.25) is 0 Å². The molecule has 0 spiro atoms. The molecule has 0 fully saturated rings. The topological polar surface area (TPSA) is 49.3 Å². The van der Waals surface area contributed by atoms with Crippen molar-refractivity contribution in [3.8, 4) is 0 Å². The molecular weight excluding hydrogens is 431 g/mol. The summed E-state index contributed by atoms with van der Waals surface area (Å²) in [5.74, 6) is -1.47. The second-order valence-corrected chi connectivity index (χ2v) is 2.88. The van der Waals surface area contributed by atoms with Crippen LogP contribution in [0.15, 0.2) is 55.0 Å². The fourth-order valence-electron chi connectivity index (χ4n) is 0.809. The number of halogens is 3. The molecule has 0 unspecified atom stereocenters. The van der Waals surface area contributed by atoms with E-state index in [1.165, 1.54) is 18.2 Å². The van der Waals surface area contributed by atoms with E-state index in [0.717, 1.165) is 6.08 Å². The summed E-state index contributed by atoms with van der Waals surface area (Å²) < 4.78 is 35.0. The Hall–Kier alpha value is -1.55. The summed E-state index contributed by atoms with van der Waals surface area (Å²) in [6, 6.07) is 0. The van der Waals surface area contributed by atoms with E-state index in [9.17, 15) is 18.0 Å². The Balaban J connectivity index is 0. The number of allylic oxidation sites excluding steroid dienone is 5. The van der Waals surface area contributed by atoms with E-state index < -0.39 is 18.0 Å². The van der Waals surface area contributed by atoms with Crippen LogP contribution in [-0.2, 0) is 25.9 Å². The van der Waals surface area contributed by atoms with Gasteiger partial charge in [-0.3, -0.25) is 4.79 Å². The Bertz CT molecular complexity index is 423. The summed E-state index contributed by atoms with van der Waals surface area (Å²) in [4.78, 5) is 11.4. The number of amides is 1. The van der Waals surface area contributed by atoms with E-state index >= 15 is 0 Å². The van der Waals surface area contributed by atoms with Crippen LogP contribution in [0.5, 0.6) is 0 Å². The van der Waals surface area contributed by atoms with Crippen LogP contribution < -0.4 is 5.32 Å². The van der Waals surface area contributed by atoms with Crippen LogP contribution in [0.3, 0.4) is 0 Å². The molecule has 0 bridgehead atoms. The van der Waals surface area contributed by atoms with Crippen molar-refractivity contribution in [2.75, 3.05) is 0 Å². The van der Waals surface area contributed by atoms with Crippen molar-refractivity contribution in [3.05, 3.63) is 61.1 Å². The largest absolute Gasteiger partial charge is 0.510 e. The summed E-state index contributed by atoms with van der Waals surface area (Å²) in [5, 5.41) is 11.1. The van der Waals surface area contributed by atoms with Crippen LogP contribution in [0.4, 0.5) is 13.2 Å². The monoisotopic (exact) mass is 442 g/mol. The summed E-state index contributed by atoms with van der Waals surface area (Å²) >= 11 is 0. The predicted octanol–water partition coefficient (Wildman–Crippen LogP) is 2.72. The molecule has 0 atom stereocenters. The van der Waals surface area contributed by atoms with Gasteiger partial charge in [-0.2, -0.15) is 25.3 Å². The normalized spacial score (nSPS) is 12.8. The van der Waals surface area contributed by atoms with E-state index in [0.29, 0.717) is 12.2 Å². The summed E-state index contributed by atoms with van der Waals surface area (Å²) in [6.45, 7) is 6.72. The number of hydrogen-bond donors (Lipinski definition) is 2. The van der Waals surface area contributed by atoms with Crippen LogP contribution in [-0.4, -0.2) is 17.2 Å². The van der Waals surface area contributed by atoms with Crippen molar-refractivity contribution in [1.29, 1.82) is 0 Å². The third-order valence-corrected chi connectivity index (χ3v) is 1.51. The van der Waals surface area contributed by atoms with Crippen molar-refractivity contribution in [2.24, 2.45) is 0 Å². The molecule has 0 radical (unpaired) electrons. The van der Waals surface area contributed by atoms with Crippen LogP contribution >= 0.6 is 0 Å². The predicted molar refractivity (Wildman–Crippen MR) is 61.2 cm³/mol. The van der Waals surface area contributed by atoms with Gasteiger partial charge in [0.15, 0.2) is 0 Å². The smallest absolute Gasteiger partial charge is 0.334 e. The van der Waals surface area contributed by atoms with Gasteiger partial charge in [-0.05, 0) is 0 Å². The second kappa shape index (κ2) is 9.39. The van der Waals surface area contributed by atoms with E-state index in [1.807, 2.05) is 5.32 Å². The van der Waals surface area contributed by atoms with Gasteiger partial charge < -0.3 is 10.4 Å². The number of nitrogens with one attached hydrogen (secondary N) is 1. The average molecular weight is 442 g/mol. The Morgan fingerprint density at radius 2 is 1.84 bits per heavy atom. The number of hydrogen-bond acceptors (Lipinski definition) is 2. The van der Waals surface area contributed by atoms with Crippen molar-refractivity contribution >= 4 is 5.91 Å². The van der Waals surface area contributed by atoms with Crippen molar-refractivity contribution in [1.82, 2.24) is 5.32 Å². The fourth-order valence-corrected chi connectivity index (χ4v) is 0.809. The Labute approximate surface area is 123 Å². The van der Waals surface area contributed by atoms with Gasteiger partial charge in [0.25, 0.3) is 5.91 Å². The number of carbonyl (C=O) groups is 1. The average Bonchev–Trinajstić information content (AvgIpc) is 2.23. The molecule has 2 N–H and O–H groups in total. The van der Waals surface area contributed by atoms with E-state index in [4.69, 9.17) is 5.11 Å². The molecule has 0 rings (SSSR count). The first-order chi connectivity index (χ1) is 8.30. The zero-order valence-corrected chi connectivity index (χ0v) is 12.6. The molecule has 104 valence electrons.